The van der Waals surface area contributed by atoms with Crippen molar-refractivity contribution in [2.24, 2.45) is 0 Å². The molecule has 2 aliphatic rings. The van der Waals surface area contributed by atoms with Gasteiger partial charge in [-0.2, -0.15) is 0 Å². The van der Waals surface area contributed by atoms with Crippen LogP contribution in [0.15, 0.2) is 24.3 Å². The van der Waals surface area contributed by atoms with E-state index in [0.29, 0.717) is 30.6 Å². The van der Waals surface area contributed by atoms with Gasteiger partial charge in [0.2, 0.25) is 5.91 Å². The van der Waals surface area contributed by atoms with Gasteiger partial charge in [0.15, 0.2) is 0 Å². The number of likely N-dealkylation sites (N-methyl/N-ethyl adjacent to an activating group) is 1. The lowest BCUT2D eigenvalue weighted by Gasteiger charge is -2.35. The highest BCUT2D eigenvalue weighted by molar-refractivity contribution is 5.92. The van der Waals surface area contributed by atoms with Crippen LogP contribution >= 0.6 is 12.4 Å². The molecule has 2 aliphatic heterocycles. The molecule has 2 N–H and O–H groups in total. The van der Waals surface area contributed by atoms with E-state index in [1.165, 1.54) is 31.2 Å². The number of hydrogen-bond donors (Lipinski definition) is 2. The summed E-state index contributed by atoms with van der Waals surface area (Å²) >= 11 is 0. The van der Waals surface area contributed by atoms with Crippen LogP contribution in [-0.2, 0) is 4.79 Å². The predicted octanol–water partition coefficient (Wildman–Crippen LogP) is 3.39. The number of fused-ring (bicyclic) bond motifs is 2. The molecule has 3 rings (SSSR count). The maximum atomic E-state index is 12.4. The van der Waals surface area contributed by atoms with E-state index in [2.05, 4.69) is 48.6 Å². The van der Waals surface area contributed by atoms with Crippen molar-refractivity contribution < 1.29 is 4.79 Å². The maximum absolute atomic E-state index is 12.4. The highest BCUT2D eigenvalue weighted by Crippen LogP contribution is 2.29. The molecule has 2 fully saturated rings. The van der Waals surface area contributed by atoms with Crippen molar-refractivity contribution in [2.75, 3.05) is 18.9 Å². The molecule has 134 valence electrons. The molecule has 4 nitrogen and oxygen atoms in total. The number of hydrogen-bond acceptors (Lipinski definition) is 3. The van der Waals surface area contributed by atoms with Crippen LogP contribution in [-0.4, -0.2) is 42.5 Å². The van der Waals surface area contributed by atoms with Crippen molar-refractivity contribution >= 4 is 24.0 Å². The van der Waals surface area contributed by atoms with Gasteiger partial charge in [-0.05, 0) is 56.3 Å². The minimum atomic E-state index is 0. The maximum Gasteiger partial charge on any atom is 0.238 e. The molecule has 0 aliphatic carbocycles. The van der Waals surface area contributed by atoms with Crippen LogP contribution in [0.3, 0.4) is 0 Å². The smallest absolute Gasteiger partial charge is 0.238 e. The summed E-state index contributed by atoms with van der Waals surface area (Å²) in [4.78, 5) is 14.6. The van der Waals surface area contributed by atoms with Gasteiger partial charge in [-0.25, -0.2) is 0 Å². The van der Waals surface area contributed by atoms with Gasteiger partial charge >= 0.3 is 0 Å². The van der Waals surface area contributed by atoms with Crippen molar-refractivity contribution in [3.05, 3.63) is 29.8 Å². The molecule has 2 heterocycles. The molecule has 0 aromatic heterocycles. The monoisotopic (exact) mass is 351 g/mol. The van der Waals surface area contributed by atoms with Crippen LogP contribution in [0, 0.1) is 0 Å². The average Bonchev–Trinajstić information content (AvgIpc) is 2.85. The third-order valence-electron chi connectivity index (χ3n) is 5.30. The Kier molecular flexibility index (Phi) is 6.67. The second-order valence-corrected chi connectivity index (χ2v) is 7.51. The second-order valence-electron chi connectivity index (χ2n) is 7.51. The Morgan fingerprint density at radius 1 is 1.29 bits per heavy atom. The molecule has 5 heteroatoms. The van der Waals surface area contributed by atoms with Crippen LogP contribution in [0.4, 0.5) is 5.69 Å². The van der Waals surface area contributed by atoms with Crippen molar-refractivity contribution in [1.29, 1.82) is 0 Å². The van der Waals surface area contributed by atoms with Crippen LogP contribution < -0.4 is 10.6 Å². The molecular formula is C19H30ClN3O. The summed E-state index contributed by atoms with van der Waals surface area (Å²) < 4.78 is 0. The number of carbonyl (C=O) groups excluding carboxylic acids is 1. The van der Waals surface area contributed by atoms with Gasteiger partial charge < -0.3 is 10.6 Å². The van der Waals surface area contributed by atoms with Crippen LogP contribution in [0.25, 0.3) is 0 Å². The summed E-state index contributed by atoms with van der Waals surface area (Å²) in [7, 11) is 2.08. The van der Waals surface area contributed by atoms with Gasteiger partial charge in [-0.3, -0.25) is 9.69 Å². The van der Waals surface area contributed by atoms with Gasteiger partial charge in [0.1, 0.15) is 0 Å². The Hall–Kier alpha value is -1.10. The first-order valence-electron chi connectivity index (χ1n) is 8.87. The molecule has 2 bridgehead atoms. The van der Waals surface area contributed by atoms with Gasteiger partial charge in [0, 0.05) is 23.8 Å². The molecule has 2 unspecified atom stereocenters. The van der Waals surface area contributed by atoms with Crippen molar-refractivity contribution in [2.45, 2.75) is 63.6 Å². The van der Waals surface area contributed by atoms with Crippen molar-refractivity contribution in [3.8, 4) is 0 Å². The normalized spacial score (nSPS) is 25.6. The van der Waals surface area contributed by atoms with E-state index in [1.807, 2.05) is 12.1 Å². The predicted molar refractivity (Wildman–Crippen MR) is 102 cm³/mol. The fourth-order valence-electron chi connectivity index (χ4n) is 3.92. The SMILES string of the molecule is CC(C)c1cccc(NC(=O)CN(C)C2CC3CCC(C2)N3)c1.Cl. The molecule has 0 saturated carbocycles. The average molecular weight is 352 g/mol. The zero-order chi connectivity index (χ0) is 16.4. The number of rotatable bonds is 5. The zero-order valence-electron chi connectivity index (χ0n) is 14.9. The lowest BCUT2D eigenvalue weighted by Crippen LogP contribution is -2.48. The van der Waals surface area contributed by atoms with Gasteiger partial charge in [-0.1, -0.05) is 26.0 Å². The highest BCUT2D eigenvalue weighted by Gasteiger charge is 2.35. The van der Waals surface area contributed by atoms with Gasteiger partial charge in [0.25, 0.3) is 0 Å². The Morgan fingerprint density at radius 3 is 2.58 bits per heavy atom. The first-order chi connectivity index (χ1) is 11.0. The Morgan fingerprint density at radius 2 is 1.96 bits per heavy atom. The summed E-state index contributed by atoms with van der Waals surface area (Å²) in [5.74, 6) is 0.555. The third kappa shape index (κ3) is 4.71. The zero-order valence-corrected chi connectivity index (χ0v) is 15.7. The van der Waals surface area contributed by atoms with E-state index in [0.717, 1.165) is 5.69 Å². The van der Waals surface area contributed by atoms with E-state index >= 15 is 0 Å². The van der Waals surface area contributed by atoms with Gasteiger partial charge in [-0.15, -0.1) is 12.4 Å². The summed E-state index contributed by atoms with van der Waals surface area (Å²) in [6, 6.07) is 10.0. The Bertz CT molecular complexity index is 551. The standard InChI is InChI=1S/C19H29N3O.ClH/c1-13(2)14-5-4-6-15(9-14)21-19(23)12-22(3)18-10-16-7-8-17(11-18)20-16;/h4-6,9,13,16-18,20H,7-8,10-12H2,1-3H3,(H,21,23);1H. The molecule has 2 saturated heterocycles. The van der Waals surface area contributed by atoms with E-state index in [4.69, 9.17) is 0 Å². The van der Waals surface area contributed by atoms with Crippen molar-refractivity contribution in [1.82, 2.24) is 10.2 Å². The molecule has 1 aromatic carbocycles. The minimum absolute atomic E-state index is 0. The lowest BCUT2D eigenvalue weighted by molar-refractivity contribution is -0.117. The van der Waals surface area contributed by atoms with Crippen molar-refractivity contribution in [3.63, 3.8) is 0 Å². The Labute approximate surface area is 151 Å². The number of amides is 1. The van der Waals surface area contributed by atoms with E-state index < -0.39 is 0 Å². The minimum Gasteiger partial charge on any atom is -0.325 e. The first kappa shape index (κ1) is 19.2. The van der Waals surface area contributed by atoms with Crippen LogP contribution in [0.2, 0.25) is 0 Å². The topological polar surface area (TPSA) is 44.4 Å². The van der Waals surface area contributed by atoms with E-state index in [9.17, 15) is 4.79 Å². The first-order valence-corrected chi connectivity index (χ1v) is 8.87. The number of anilines is 1. The van der Waals surface area contributed by atoms with Gasteiger partial charge in [0.05, 0.1) is 6.54 Å². The number of halogens is 1. The fraction of sp³-hybridized carbons (Fsp3) is 0.632. The Balaban J connectivity index is 0.00000208. The summed E-state index contributed by atoms with van der Waals surface area (Å²) in [6.45, 7) is 4.80. The largest absolute Gasteiger partial charge is 0.325 e. The summed E-state index contributed by atoms with van der Waals surface area (Å²) in [5.41, 5.74) is 2.16. The number of nitrogens with one attached hydrogen (secondary N) is 2. The van der Waals surface area contributed by atoms with E-state index in [1.54, 1.807) is 0 Å². The summed E-state index contributed by atoms with van der Waals surface area (Å²) in [5, 5.41) is 6.71. The molecule has 0 spiro atoms. The molecule has 2 atom stereocenters. The summed E-state index contributed by atoms with van der Waals surface area (Å²) in [6.07, 6.45) is 4.93. The molecule has 1 aromatic rings. The number of carbonyl (C=O) groups is 1. The molecule has 24 heavy (non-hydrogen) atoms. The third-order valence-corrected chi connectivity index (χ3v) is 5.30. The second kappa shape index (κ2) is 8.32. The van der Waals surface area contributed by atoms with Crippen LogP contribution in [0.5, 0.6) is 0 Å². The molecule has 0 radical (unpaired) electrons. The fourth-order valence-corrected chi connectivity index (χ4v) is 3.92. The lowest BCUT2D eigenvalue weighted by atomic mass is 9.98. The quantitative estimate of drug-likeness (QED) is 0.854. The number of benzene rings is 1. The molecule has 1 amide bonds. The number of piperidine rings is 1. The number of nitrogens with zero attached hydrogens (tertiary/aromatic N) is 1. The molecular weight excluding hydrogens is 322 g/mol. The highest BCUT2D eigenvalue weighted by atomic mass is 35.5. The van der Waals surface area contributed by atoms with E-state index in [-0.39, 0.29) is 18.3 Å². The van der Waals surface area contributed by atoms with Crippen LogP contribution in [0.1, 0.15) is 51.0 Å².